The Hall–Kier alpha value is -1.68. The van der Waals surface area contributed by atoms with Crippen molar-refractivity contribution in [2.75, 3.05) is 13.1 Å². The summed E-state index contributed by atoms with van der Waals surface area (Å²) in [5.41, 5.74) is 1.40. The average Bonchev–Trinajstić information content (AvgIpc) is 2.98. The van der Waals surface area contributed by atoms with Crippen molar-refractivity contribution in [3.63, 3.8) is 0 Å². The average molecular weight is 270 g/mol. The van der Waals surface area contributed by atoms with E-state index in [4.69, 9.17) is 0 Å². The number of rotatable bonds is 5. The standard InChI is InChI=1S/C16H22N4/c1-2-6-14(7-3-1)8-5-11-20-13-18-19-16(20)15-9-4-10-17-12-15/h1-3,6-7,13,15,17H,4-5,8-12H2. The molecular formula is C16H22N4. The maximum Gasteiger partial charge on any atom is 0.137 e. The zero-order chi connectivity index (χ0) is 13.6. The molecule has 106 valence electrons. The van der Waals surface area contributed by atoms with E-state index in [0.29, 0.717) is 5.92 Å². The lowest BCUT2D eigenvalue weighted by Crippen LogP contribution is -2.30. The van der Waals surface area contributed by atoms with Crippen molar-refractivity contribution >= 4 is 0 Å². The van der Waals surface area contributed by atoms with E-state index in [0.717, 1.165) is 38.3 Å². The van der Waals surface area contributed by atoms with Crippen LogP contribution in [0.3, 0.4) is 0 Å². The van der Waals surface area contributed by atoms with Gasteiger partial charge < -0.3 is 9.88 Å². The minimum absolute atomic E-state index is 0.531. The van der Waals surface area contributed by atoms with Gasteiger partial charge in [-0.05, 0) is 37.8 Å². The number of benzene rings is 1. The molecule has 0 saturated carbocycles. The molecule has 1 aliphatic rings. The lowest BCUT2D eigenvalue weighted by Gasteiger charge is -2.22. The van der Waals surface area contributed by atoms with Gasteiger partial charge in [-0.2, -0.15) is 0 Å². The zero-order valence-corrected chi connectivity index (χ0v) is 11.8. The number of nitrogens with zero attached hydrogens (tertiary/aromatic N) is 3. The third kappa shape index (κ3) is 3.25. The SMILES string of the molecule is c1ccc(CCCn2cnnc2C2CCCNC2)cc1. The first-order chi connectivity index (χ1) is 9.93. The van der Waals surface area contributed by atoms with Crippen molar-refractivity contribution in [2.24, 2.45) is 0 Å². The van der Waals surface area contributed by atoms with Crippen LogP contribution in [-0.4, -0.2) is 27.9 Å². The van der Waals surface area contributed by atoms with Gasteiger partial charge in [0, 0.05) is 19.0 Å². The molecule has 2 aromatic rings. The van der Waals surface area contributed by atoms with Crippen LogP contribution in [0.25, 0.3) is 0 Å². The highest BCUT2D eigenvalue weighted by Crippen LogP contribution is 2.21. The van der Waals surface area contributed by atoms with Crippen molar-refractivity contribution in [1.29, 1.82) is 0 Å². The highest BCUT2D eigenvalue weighted by molar-refractivity contribution is 5.14. The second kappa shape index (κ2) is 6.66. The number of nitrogens with one attached hydrogen (secondary N) is 1. The van der Waals surface area contributed by atoms with E-state index < -0.39 is 0 Å². The summed E-state index contributed by atoms with van der Waals surface area (Å²) in [7, 11) is 0. The molecule has 0 aliphatic carbocycles. The third-order valence-electron chi connectivity index (χ3n) is 4.01. The fourth-order valence-electron chi connectivity index (χ4n) is 2.92. The largest absolute Gasteiger partial charge is 0.317 e. The predicted octanol–water partition coefficient (Wildman–Crippen LogP) is 2.38. The molecule has 0 radical (unpaired) electrons. The van der Waals surface area contributed by atoms with Crippen molar-refractivity contribution in [3.05, 3.63) is 48.0 Å². The van der Waals surface area contributed by atoms with Crippen molar-refractivity contribution < 1.29 is 0 Å². The Bertz CT molecular complexity index is 514. The van der Waals surface area contributed by atoms with E-state index in [1.165, 1.54) is 18.4 Å². The summed E-state index contributed by atoms with van der Waals surface area (Å²) in [6.07, 6.45) is 6.59. The van der Waals surface area contributed by atoms with Crippen molar-refractivity contribution in [3.8, 4) is 0 Å². The number of aryl methyl sites for hydroxylation is 2. The Labute approximate surface area is 120 Å². The second-order valence-electron chi connectivity index (χ2n) is 5.51. The van der Waals surface area contributed by atoms with Gasteiger partial charge in [-0.15, -0.1) is 10.2 Å². The molecule has 1 N–H and O–H groups in total. The maximum atomic E-state index is 4.34. The molecule has 1 fully saturated rings. The van der Waals surface area contributed by atoms with Crippen LogP contribution in [0.1, 0.15) is 36.6 Å². The Kier molecular flexibility index (Phi) is 4.43. The van der Waals surface area contributed by atoms with E-state index in [2.05, 4.69) is 50.4 Å². The zero-order valence-electron chi connectivity index (χ0n) is 11.8. The molecule has 1 aliphatic heterocycles. The number of piperidine rings is 1. The van der Waals surface area contributed by atoms with Gasteiger partial charge in [0.05, 0.1) is 0 Å². The lowest BCUT2D eigenvalue weighted by atomic mass is 9.99. The van der Waals surface area contributed by atoms with E-state index in [-0.39, 0.29) is 0 Å². The Morgan fingerprint density at radius 3 is 2.95 bits per heavy atom. The lowest BCUT2D eigenvalue weighted by molar-refractivity contribution is 0.429. The highest BCUT2D eigenvalue weighted by Gasteiger charge is 2.20. The molecule has 3 rings (SSSR count). The second-order valence-corrected chi connectivity index (χ2v) is 5.51. The third-order valence-corrected chi connectivity index (χ3v) is 4.01. The van der Waals surface area contributed by atoms with Crippen LogP contribution in [0.4, 0.5) is 0 Å². The van der Waals surface area contributed by atoms with Gasteiger partial charge in [-0.25, -0.2) is 0 Å². The molecule has 4 heteroatoms. The maximum absolute atomic E-state index is 4.34. The summed E-state index contributed by atoms with van der Waals surface area (Å²) in [5, 5.41) is 11.9. The molecule has 1 aromatic carbocycles. The monoisotopic (exact) mass is 270 g/mol. The van der Waals surface area contributed by atoms with Crippen LogP contribution in [0.2, 0.25) is 0 Å². The fraction of sp³-hybridized carbons (Fsp3) is 0.500. The molecule has 1 atom stereocenters. The molecule has 0 amide bonds. The van der Waals surface area contributed by atoms with Crippen molar-refractivity contribution in [2.45, 2.75) is 38.1 Å². The van der Waals surface area contributed by atoms with E-state index in [1.807, 2.05) is 6.33 Å². The molecule has 1 aromatic heterocycles. The molecule has 2 heterocycles. The predicted molar refractivity (Wildman–Crippen MR) is 79.6 cm³/mol. The summed E-state index contributed by atoms with van der Waals surface area (Å²) in [6, 6.07) is 10.7. The molecular weight excluding hydrogens is 248 g/mol. The quantitative estimate of drug-likeness (QED) is 0.907. The van der Waals surface area contributed by atoms with Gasteiger partial charge in [0.15, 0.2) is 0 Å². The first-order valence-electron chi connectivity index (χ1n) is 7.56. The van der Waals surface area contributed by atoms with Crippen LogP contribution in [0.15, 0.2) is 36.7 Å². The molecule has 0 spiro atoms. The van der Waals surface area contributed by atoms with E-state index in [9.17, 15) is 0 Å². The van der Waals surface area contributed by atoms with Crippen LogP contribution >= 0.6 is 0 Å². The van der Waals surface area contributed by atoms with E-state index >= 15 is 0 Å². The molecule has 1 saturated heterocycles. The minimum atomic E-state index is 0.531. The van der Waals surface area contributed by atoms with Crippen LogP contribution in [0, 0.1) is 0 Å². The summed E-state index contributed by atoms with van der Waals surface area (Å²) < 4.78 is 2.24. The Balaban J connectivity index is 1.56. The Morgan fingerprint density at radius 2 is 2.15 bits per heavy atom. The van der Waals surface area contributed by atoms with Gasteiger partial charge in [-0.3, -0.25) is 0 Å². The summed E-state index contributed by atoms with van der Waals surface area (Å²) >= 11 is 0. The topological polar surface area (TPSA) is 42.7 Å². The van der Waals surface area contributed by atoms with Gasteiger partial charge in [-0.1, -0.05) is 30.3 Å². The summed E-state index contributed by atoms with van der Waals surface area (Å²) in [6.45, 7) is 3.18. The molecule has 0 bridgehead atoms. The van der Waals surface area contributed by atoms with Gasteiger partial charge in [0.25, 0.3) is 0 Å². The molecule has 20 heavy (non-hydrogen) atoms. The smallest absolute Gasteiger partial charge is 0.137 e. The Morgan fingerprint density at radius 1 is 1.25 bits per heavy atom. The first kappa shape index (κ1) is 13.3. The number of hydrogen-bond acceptors (Lipinski definition) is 3. The van der Waals surface area contributed by atoms with E-state index in [1.54, 1.807) is 0 Å². The van der Waals surface area contributed by atoms with Gasteiger partial charge in [0.1, 0.15) is 12.2 Å². The minimum Gasteiger partial charge on any atom is -0.317 e. The normalized spacial score (nSPS) is 19.1. The number of hydrogen-bond donors (Lipinski definition) is 1. The fourth-order valence-corrected chi connectivity index (χ4v) is 2.92. The number of aromatic nitrogens is 3. The van der Waals surface area contributed by atoms with Crippen LogP contribution in [0.5, 0.6) is 0 Å². The molecule has 1 unspecified atom stereocenters. The van der Waals surface area contributed by atoms with Gasteiger partial charge in [0.2, 0.25) is 0 Å². The molecule has 4 nitrogen and oxygen atoms in total. The van der Waals surface area contributed by atoms with Crippen molar-refractivity contribution in [1.82, 2.24) is 20.1 Å². The van der Waals surface area contributed by atoms with Crippen LogP contribution in [-0.2, 0) is 13.0 Å². The first-order valence-corrected chi connectivity index (χ1v) is 7.56. The van der Waals surface area contributed by atoms with Gasteiger partial charge >= 0.3 is 0 Å². The summed E-state index contributed by atoms with van der Waals surface area (Å²) in [4.78, 5) is 0. The summed E-state index contributed by atoms with van der Waals surface area (Å²) in [5.74, 6) is 1.69. The highest BCUT2D eigenvalue weighted by atomic mass is 15.3. The van der Waals surface area contributed by atoms with Crippen LogP contribution < -0.4 is 5.32 Å².